The van der Waals surface area contributed by atoms with Crippen LogP contribution in [-0.2, 0) is 6.54 Å². The Labute approximate surface area is 152 Å². The van der Waals surface area contributed by atoms with Gasteiger partial charge < -0.3 is 19.5 Å². The summed E-state index contributed by atoms with van der Waals surface area (Å²) in [5, 5.41) is 12.4. The van der Waals surface area contributed by atoms with Gasteiger partial charge in [0.25, 0.3) is 0 Å². The normalized spacial score (nSPS) is 18.2. The van der Waals surface area contributed by atoms with Crippen molar-refractivity contribution in [3.05, 3.63) is 58.8 Å². The standard InChI is InChI=1S/C21H21NO4/c1-25-15-6-4-5-14(11-15)12-19-20(24)16-7-8-18(23)17(21(16)26-19)13-22-9-2-3-10-22/h4-8,11-12,23H,2-3,9-10,13H2,1H3/b19-12-. The van der Waals surface area contributed by atoms with E-state index in [0.29, 0.717) is 29.2 Å². The van der Waals surface area contributed by atoms with E-state index >= 15 is 0 Å². The summed E-state index contributed by atoms with van der Waals surface area (Å²) in [4.78, 5) is 14.1. The van der Waals surface area contributed by atoms with Crippen LogP contribution < -0.4 is 19.5 Å². The van der Waals surface area contributed by atoms with Gasteiger partial charge in [0.1, 0.15) is 18.0 Å². The predicted molar refractivity (Wildman–Crippen MR) is 95.5 cm³/mol. The number of rotatable bonds is 4. The third-order valence-electron chi connectivity index (χ3n) is 5.03. The van der Waals surface area contributed by atoms with Crippen molar-refractivity contribution in [2.45, 2.75) is 19.4 Å². The number of hydrogen-bond acceptors (Lipinski definition) is 4. The van der Waals surface area contributed by atoms with Crippen LogP contribution in [0.2, 0.25) is 0 Å². The molecule has 4 rings (SSSR count). The number of allylic oxidation sites excluding steroid dienone is 1. The Morgan fingerprint density at radius 3 is 2.81 bits per heavy atom. The van der Waals surface area contributed by atoms with E-state index < -0.39 is 0 Å². The highest BCUT2D eigenvalue weighted by Gasteiger charge is 2.31. The van der Waals surface area contributed by atoms with Crippen molar-refractivity contribution in [2.24, 2.45) is 0 Å². The van der Waals surface area contributed by atoms with Gasteiger partial charge in [-0.3, -0.25) is 4.79 Å². The number of ketones is 1. The van der Waals surface area contributed by atoms with Gasteiger partial charge in [0.15, 0.2) is 5.76 Å². The quantitative estimate of drug-likeness (QED) is 0.850. The number of carbonyl (C=O) groups is 1. The minimum Gasteiger partial charge on any atom is -0.872 e. The Balaban J connectivity index is 1.67. The summed E-state index contributed by atoms with van der Waals surface area (Å²) in [6.07, 6.45) is 4.06. The number of Topliss-reactive ketones (excluding diaryl/α,β-unsaturated/α-hetero) is 1. The summed E-state index contributed by atoms with van der Waals surface area (Å²) in [5.41, 5.74) is 1.91. The Morgan fingerprint density at radius 1 is 1.23 bits per heavy atom. The fraction of sp³-hybridized carbons (Fsp3) is 0.286. The molecular formula is C21H21NO4. The number of quaternary nitrogens is 1. The van der Waals surface area contributed by atoms with Gasteiger partial charge >= 0.3 is 0 Å². The number of ether oxygens (including phenoxy) is 2. The van der Waals surface area contributed by atoms with E-state index in [0.717, 1.165) is 18.7 Å². The van der Waals surface area contributed by atoms with Crippen molar-refractivity contribution in [3.63, 3.8) is 0 Å². The van der Waals surface area contributed by atoms with Crippen LogP contribution >= 0.6 is 0 Å². The van der Waals surface area contributed by atoms with E-state index in [2.05, 4.69) is 0 Å². The van der Waals surface area contributed by atoms with Crippen molar-refractivity contribution in [1.82, 2.24) is 0 Å². The molecule has 0 bridgehead atoms. The lowest BCUT2D eigenvalue weighted by Crippen LogP contribution is -3.08. The number of methoxy groups -OCH3 is 1. The van der Waals surface area contributed by atoms with Crippen molar-refractivity contribution >= 4 is 11.9 Å². The predicted octanol–water partition coefficient (Wildman–Crippen LogP) is 1.56. The zero-order chi connectivity index (χ0) is 18.1. The maximum absolute atomic E-state index is 12.7. The first-order chi connectivity index (χ1) is 12.7. The molecule has 26 heavy (non-hydrogen) atoms. The van der Waals surface area contributed by atoms with Crippen molar-refractivity contribution in [3.8, 4) is 17.2 Å². The van der Waals surface area contributed by atoms with Gasteiger partial charge in [-0.15, -0.1) is 0 Å². The average molecular weight is 351 g/mol. The van der Waals surface area contributed by atoms with Crippen molar-refractivity contribution in [2.75, 3.05) is 20.2 Å². The highest BCUT2D eigenvalue weighted by molar-refractivity contribution is 6.14. The minimum absolute atomic E-state index is 0.0569. The molecule has 0 spiro atoms. The Hall–Kier alpha value is -2.79. The number of likely N-dealkylation sites (tertiary alicyclic amines) is 1. The highest BCUT2D eigenvalue weighted by atomic mass is 16.5. The molecule has 0 aromatic heterocycles. The molecule has 0 radical (unpaired) electrons. The van der Waals surface area contributed by atoms with Crippen LogP contribution in [0, 0.1) is 0 Å². The Kier molecular flexibility index (Phi) is 4.39. The zero-order valence-electron chi connectivity index (χ0n) is 14.7. The summed E-state index contributed by atoms with van der Waals surface area (Å²) in [6, 6.07) is 10.5. The monoisotopic (exact) mass is 351 g/mol. The first-order valence-electron chi connectivity index (χ1n) is 8.90. The van der Waals surface area contributed by atoms with Crippen LogP contribution in [0.3, 0.4) is 0 Å². The van der Waals surface area contributed by atoms with Crippen LogP contribution in [0.5, 0.6) is 17.2 Å². The van der Waals surface area contributed by atoms with Crippen LogP contribution in [0.15, 0.2) is 42.2 Å². The van der Waals surface area contributed by atoms with Gasteiger partial charge in [0.2, 0.25) is 5.78 Å². The molecule has 2 aliphatic rings. The molecule has 0 amide bonds. The molecule has 0 aliphatic carbocycles. The van der Waals surface area contributed by atoms with Crippen LogP contribution in [0.25, 0.3) is 6.08 Å². The maximum atomic E-state index is 12.7. The van der Waals surface area contributed by atoms with Crippen molar-refractivity contribution < 1.29 is 24.3 Å². The fourth-order valence-electron chi connectivity index (χ4n) is 3.64. The SMILES string of the molecule is COc1cccc(/C=C2\Oc3c(ccc([O-])c3C[NH+]3CCCC3)C2=O)c1. The molecule has 1 N–H and O–H groups in total. The van der Waals surface area contributed by atoms with Gasteiger partial charge in [-0.05, 0) is 29.8 Å². The number of fused-ring (bicyclic) bond motifs is 1. The van der Waals surface area contributed by atoms with Gasteiger partial charge in [0, 0.05) is 18.4 Å². The highest BCUT2D eigenvalue weighted by Crippen LogP contribution is 2.38. The third kappa shape index (κ3) is 3.06. The van der Waals surface area contributed by atoms with E-state index in [1.54, 1.807) is 19.3 Å². The van der Waals surface area contributed by atoms with Crippen LogP contribution in [-0.4, -0.2) is 26.0 Å². The van der Waals surface area contributed by atoms with Gasteiger partial charge in [-0.2, -0.15) is 0 Å². The molecule has 1 fully saturated rings. The molecule has 5 nitrogen and oxygen atoms in total. The number of hydrogen-bond donors (Lipinski definition) is 1. The molecule has 2 aliphatic heterocycles. The number of nitrogens with one attached hydrogen (secondary N) is 1. The van der Waals surface area contributed by atoms with E-state index in [4.69, 9.17) is 9.47 Å². The van der Waals surface area contributed by atoms with Crippen LogP contribution in [0.4, 0.5) is 0 Å². The summed E-state index contributed by atoms with van der Waals surface area (Å²) in [6.45, 7) is 2.73. The average Bonchev–Trinajstić information content (AvgIpc) is 3.27. The summed E-state index contributed by atoms with van der Waals surface area (Å²) in [7, 11) is 1.60. The second-order valence-corrected chi connectivity index (χ2v) is 6.77. The van der Waals surface area contributed by atoms with Gasteiger partial charge in [-0.1, -0.05) is 23.9 Å². The molecule has 0 unspecified atom stereocenters. The molecule has 0 saturated carbocycles. The Morgan fingerprint density at radius 2 is 2.04 bits per heavy atom. The van der Waals surface area contributed by atoms with Crippen LogP contribution in [0.1, 0.15) is 34.3 Å². The topological polar surface area (TPSA) is 63.0 Å². The van der Waals surface area contributed by atoms with Gasteiger partial charge in [-0.25, -0.2) is 0 Å². The molecule has 2 heterocycles. The molecule has 1 saturated heterocycles. The molecule has 2 aromatic rings. The van der Waals surface area contributed by atoms with E-state index in [9.17, 15) is 9.90 Å². The number of carbonyl (C=O) groups excluding carboxylic acids is 1. The summed E-state index contributed by atoms with van der Waals surface area (Å²) in [5.74, 6) is 1.16. The lowest BCUT2D eigenvalue weighted by molar-refractivity contribution is -0.901. The maximum Gasteiger partial charge on any atom is 0.231 e. The van der Waals surface area contributed by atoms with E-state index in [1.807, 2.05) is 24.3 Å². The lowest BCUT2D eigenvalue weighted by atomic mass is 10.0. The molecule has 0 atom stereocenters. The zero-order valence-corrected chi connectivity index (χ0v) is 14.7. The molecular weight excluding hydrogens is 330 g/mol. The third-order valence-corrected chi connectivity index (χ3v) is 5.03. The molecule has 5 heteroatoms. The van der Waals surface area contributed by atoms with E-state index in [1.165, 1.54) is 23.8 Å². The minimum atomic E-state index is -0.180. The van der Waals surface area contributed by atoms with Crippen molar-refractivity contribution in [1.29, 1.82) is 0 Å². The summed E-state index contributed by atoms with van der Waals surface area (Å²) >= 11 is 0. The lowest BCUT2D eigenvalue weighted by Gasteiger charge is -2.19. The second kappa shape index (κ2) is 6.84. The smallest absolute Gasteiger partial charge is 0.231 e. The van der Waals surface area contributed by atoms with Gasteiger partial charge in [0.05, 0.1) is 25.8 Å². The largest absolute Gasteiger partial charge is 0.872 e. The summed E-state index contributed by atoms with van der Waals surface area (Å²) < 4.78 is 11.1. The Bertz CT molecular complexity index is 882. The first kappa shape index (κ1) is 16.7. The van der Waals surface area contributed by atoms with E-state index in [-0.39, 0.29) is 17.3 Å². The molecule has 134 valence electrons. The first-order valence-corrected chi connectivity index (χ1v) is 8.90. The fourth-order valence-corrected chi connectivity index (χ4v) is 3.64. The second-order valence-electron chi connectivity index (χ2n) is 6.77. The number of benzene rings is 2. The molecule has 2 aromatic carbocycles.